The fourth-order valence-corrected chi connectivity index (χ4v) is 5.24. The maximum atomic E-state index is 14.2. The molecule has 1 amide bonds. The summed E-state index contributed by atoms with van der Waals surface area (Å²) >= 11 is 0. The minimum Gasteiger partial charge on any atom is -0.385 e. The maximum Gasteiger partial charge on any atom is 0.416 e. The van der Waals surface area contributed by atoms with Crippen molar-refractivity contribution in [2.24, 2.45) is 23.5 Å². The second kappa shape index (κ2) is 11.5. The van der Waals surface area contributed by atoms with Crippen LogP contribution in [0.15, 0.2) is 18.2 Å². The van der Waals surface area contributed by atoms with Gasteiger partial charge in [-0.1, -0.05) is 12.8 Å². The molecule has 0 bridgehead atoms. The van der Waals surface area contributed by atoms with Gasteiger partial charge in [-0.3, -0.25) is 9.69 Å². The van der Waals surface area contributed by atoms with E-state index >= 15 is 0 Å². The summed E-state index contributed by atoms with van der Waals surface area (Å²) in [5, 5.41) is 0. The number of piperazine rings is 1. The van der Waals surface area contributed by atoms with E-state index in [9.17, 15) is 22.4 Å². The molecule has 0 radical (unpaired) electrons. The molecule has 1 heterocycles. The topological polar surface area (TPSA) is 58.8 Å². The van der Waals surface area contributed by atoms with Crippen molar-refractivity contribution in [3.8, 4) is 0 Å². The molecule has 3 rings (SSSR count). The number of ether oxygens (including phenoxy) is 1. The average Bonchev–Trinajstić information content (AvgIpc) is 2.78. The van der Waals surface area contributed by atoms with E-state index in [1.165, 1.54) is 0 Å². The van der Waals surface area contributed by atoms with Crippen LogP contribution in [-0.2, 0) is 15.7 Å². The summed E-state index contributed by atoms with van der Waals surface area (Å²) < 4.78 is 58.3. The highest BCUT2D eigenvalue weighted by atomic mass is 19.4. The van der Waals surface area contributed by atoms with Crippen LogP contribution in [0.25, 0.3) is 0 Å². The van der Waals surface area contributed by atoms with Crippen LogP contribution < -0.4 is 10.6 Å². The third kappa shape index (κ3) is 7.06. The second-order valence-corrected chi connectivity index (χ2v) is 9.35. The number of anilines is 1. The molecule has 9 heteroatoms. The SMILES string of the molecule is COCCC(C(N)=O)C1CCC(CCN2CCN(c3cc(C(F)(F)F)ccc3F)CC2)CC1. The van der Waals surface area contributed by atoms with Crippen LogP contribution in [0.1, 0.15) is 44.1 Å². The molecule has 1 saturated carbocycles. The smallest absolute Gasteiger partial charge is 0.385 e. The minimum absolute atomic E-state index is 0.0280. The molecular weight excluding hydrogens is 438 g/mol. The van der Waals surface area contributed by atoms with E-state index in [4.69, 9.17) is 10.5 Å². The zero-order chi connectivity index (χ0) is 24.0. The minimum atomic E-state index is -4.48. The first-order chi connectivity index (χ1) is 15.7. The molecule has 1 aromatic carbocycles. The van der Waals surface area contributed by atoms with Crippen LogP contribution in [0.2, 0.25) is 0 Å². The van der Waals surface area contributed by atoms with Crippen molar-refractivity contribution in [2.45, 2.75) is 44.7 Å². The van der Waals surface area contributed by atoms with Crippen molar-refractivity contribution in [2.75, 3.05) is 51.3 Å². The average molecular weight is 474 g/mol. The van der Waals surface area contributed by atoms with Gasteiger partial charge in [0.15, 0.2) is 0 Å². The molecule has 0 aromatic heterocycles. The van der Waals surface area contributed by atoms with Crippen molar-refractivity contribution in [3.63, 3.8) is 0 Å². The fourth-order valence-electron chi connectivity index (χ4n) is 5.24. The van der Waals surface area contributed by atoms with E-state index in [0.717, 1.165) is 56.8 Å². The molecule has 0 spiro atoms. The number of methoxy groups -OCH3 is 1. The third-order valence-electron chi connectivity index (χ3n) is 7.30. The summed E-state index contributed by atoms with van der Waals surface area (Å²) in [6.07, 6.45) is 1.43. The van der Waals surface area contributed by atoms with Gasteiger partial charge in [-0.15, -0.1) is 0 Å². The van der Waals surface area contributed by atoms with Crippen LogP contribution in [-0.4, -0.2) is 57.2 Å². The van der Waals surface area contributed by atoms with Crippen LogP contribution in [0.3, 0.4) is 0 Å². The Morgan fingerprint density at radius 3 is 2.39 bits per heavy atom. The molecule has 186 valence electrons. The number of nitrogens with two attached hydrogens (primary N) is 1. The lowest BCUT2D eigenvalue weighted by Crippen LogP contribution is -2.47. The van der Waals surface area contributed by atoms with Crippen molar-refractivity contribution in [1.82, 2.24) is 4.90 Å². The number of alkyl halides is 3. The molecule has 1 aliphatic heterocycles. The van der Waals surface area contributed by atoms with Gasteiger partial charge in [0.1, 0.15) is 5.82 Å². The first kappa shape index (κ1) is 25.7. The number of halogens is 4. The molecule has 1 aliphatic carbocycles. The van der Waals surface area contributed by atoms with Gasteiger partial charge in [-0.05, 0) is 62.3 Å². The quantitative estimate of drug-likeness (QED) is 0.544. The van der Waals surface area contributed by atoms with Crippen molar-refractivity contribution in [3.05, 3.63) is 29.6 Å². The van der Waals surface area contributed by atoms with E-state index in [1.807, 2.05) is 0 Å². The Kier molecular flexibility index (Phi) is 8.98. The number of nitrogens with zero attached hydrogens (tertiary/aromatic N) is 2. The molecule has 33 heavy (non-hydrogen) atoms. The van der Waals surface area contributed by atoms with E-state index < -0.39 is 17.6 Å². The van der Waals surface area contributed by atoms with E-state index in [1.54, 1.807) is 12.0 Å². The van der Waals surface area contributed by atoms with Gasteiger partial charge >= 0.3 is 6.18 Å². The zero-order valence-electron chi connectivity index (χ0n) is 19.2. The van der Waals surface area contributed by atoms with Crippen molar-refractivity contribution >= 4 is 11.6 Å². The summed E-state index contributed by atoms with van der Waals surface area (Å²) in [5.41, 5.74) is 4.81. The number of carbonyl (C=O) groups excluding carboxylic acids is 1. The highest BCUT2D eigenvalue weighted by molar-refractivity contribution is 5.77. The molecule has 2 N–H and O–H groups in total. The molecule has 1 aromatic rings. The Morgan fingerprint density at radius 2 is 1.82 bits per heavy atom. The first-order valence-electron chi connectivity index (χ1n) is 11.8. The normalized spacial score (nSPS) is 23.5. The number of rotatable bonds is 9. The predicted octanol–water partition coefficient (Wildman–Crippen LogP) is 4.30. The van der Waals surface area contributed by atoms with Crippen LogP contribution in [0.4, 0.5) is 23.2 Å². The third-order valence-corrected chi connectivity index (χ3v) is 7.30. The van der Waals surface area contributed by atoms with Gasteiger partial charge in [0.25, 0.3) is 0 Å². The van der Waals surface area contributed by atoms with Gasteiger partial charge in [-0.25, -0.2) is 4.39 Å². The Hall–Kier alpha value is -1.87. The fraction of sp³-hybridized carbons (Fsp3) is 0.708. The highest BCUT2D eigenvalue weighted by Crippen LogP contribution is 2.37. The first-order valence-corrected chi connectivity index (χ1v) is 11.8. The van der Waals surface area contributed by atoms with Gasteiger partial charge in [0.2, 0.25) is 5.91 Å². The van der Waals surface area contributed by atoms with Gasteiger partial charge < -0.3 is 15.4 Å². The van der Waals surface area contributed by atoms with E-state index in [0.29, 0.717) is 51.0 Å². The monoisotopic (exact) mass is 473 g/mol. The van der Waals surface area contributed by atoms with Crippen molar-refractivity contribution in [1.29, 1.82) is 0 Å². The van der Waals surface area contributed by atoms with Gasteiger partial charge in [-0.2, -0.15) is 13.2 Å². The molecule has 1 atom stereocenters. The molecule has 5 nitrogen and oxygen atoms in total. The van der Waals surface area contributed by atoms with Gasteiger partial charge in [0.05, 0.1) is 11.3 Å². The van der Waals surface area contributed by atoms with Crippen molar-refractivity contribution < 1.29 is 27.1 Å². The number of carbonyl (C=O) groups is 1. The molecular formula is C24H35F4N3O2. The van der Waals surface area contributed by atoms with E-state index in [-0.39, 0.29) is 17.5 Å². The maximum absolute atomic E-state index is 14.2. The number of primary amides is 1. The number of hydrogen-bond acceptors (Lipinski definition) is 4. The molecule has 2 aliphatic rings. The lowest BCUT2D eigenvalue weighted by molar-refractivity contribution is -0.137. The highest BCUT2D eigenvalue weighted by Gasteiger charge is 2.33. The number of benzene rings is 1. The summed E-state index contributed by atoms with van der Waals surface area (Å²) in [4.78, 5) is 15.8. The van der Waals surface area contributed by atoms with Crippen LogP contribution in [0, 0.1) is 23.6 Å². The Labute approximate surface area is 193 Å². The standard InChI is InChI=1S/C24H35F4N3O2/c1-33-15-9-20(23(29)32)18-4-2-17(3-5-18)8-10-30-11-13-31(14-12-30)22-16-19(24(26,27)28)6-7-21(22)25/h6-7,16-18,20H,2-5,8-15H2,1H3,(H2,29,32). The summed E-state index contributed by atoms with van der Waals surface area (Å²) in [6.45, 7) is 3.88. The zero-order valence-corrected chi connectivity index (χ0v) is 19.2. The molecule has 1 unspecified atom stereocenters. The second-order valence-electron chi connectivity index (χ2n) is 9.35. The van der Waals surface area contributed by atoms with Crippen LogP contribution >= 0.6 is 0 Å². The number of hydrogen-bond donors (Lipinski definition) is 1. The Bertz CT molecular complexity index is 773. The predicted molar refractivity (Wildman–Crippen MR) is 119 cm³/mol. The summed E-state index contributed by atoms with van der Waals surface area (Å²) in [7, 11) is 1.63. The lowest BCUT2D eigenvalue weighted by Gasteiger charge is -2.38. The lowest BCUT2D eigenvalue weighted by atomic mass is 9.73. The summed E-state index contributed by atoms with van der Waals surface area (Å²) in [5.74, 6) is -0.0234. The largest absolute Gasteiger partial charge is 0.416 e. The van der Waals surface area contributed by atoms with Crippen LogP contribution in [0.5, 0.6) is 0 Å². The molecule has 2 fully saturated rings. The van der Waals surface area contributed by atoms with E-state index in [2.05, 4.69) is 4.90 Å². The van der Waals surface area contributed by atoms with Gasteiger partial charge in [0, 0.05) is 45.8 Å². The Morgan fingerprint density at radius 1 is 1.15 bits per heavy atom. The molecule has 1 saturated heterocycles. The Balaban J connectivity index is 1.42. The number of amides is 1. The summed E-state index contributed by atoms with van der Waals surface area (Å²) in [6, 6.07) is 2.60.